The van der Waals surface area contributed by atoms with Gasteiger partial charge in [-0.2, -0.15) is 10.2 Å². The average molecular weight is 411 g/mol. The SMILES string of the molecule is Cc1nn2ccccc2c1-c1nc(-c2c(F)cccc2Cl)c(-c2nc[nH]n2)s1. The van der Waals surface area contributed by atoms with Gasteiger partial charge >= 0.3 is 0 Å². The Kier molecular flexibility index (Phi) is 3.96. The maximum absolute atomic E-state index is 14.7. The van der Waals surface area contributed by atoms with E-state index in [4.69, 9.17) is 16.6 Å². The maximum atomic E-state index is 14.7. The van der Waals surface area contributed by atoms with Gasteiger partial charge in [0, 0.05) is 6.20 Å². The molecule has 5 rings (SSSR count). The van der Waals surface area contributed by atoms with E-state index < -0.39 is 5.82 Å². The number of aromatic nitrogens is 6. The van der Waals surface area contributed by atoms with Gasteiger partial charge in [-0.3, -0.25) is 5.10 Å². The first-order chi connectivity index (χ1) is 13.6. The zero-order chi connectivity index (χ0) is 19.3. The van der Waals surface area contributed by atoms with Crippen LogP contribution in [0.25, 0.3) is 38.0 Å². The number of hydrogen-bond acceptors (Lipinski definition) is 5. The molecule has 0 radical (unpaired) electrons. The average Bonchev–Trinajstić information content (AvgIpc) is 3.39. The topological polar surface area (TPSA) is 71.8 Å². The van der Waals surface area contributed by atoms with Crippen LogP contribution in [0, 0.1) is 12.7 Å². The highest BCUT2D eigenvalue weighted by molar-refractivity contribution is 7.19. The second-order valence-electron chi connectivity index (χ2n) is 6.11. The highest BCUT2D eigenvalue weighted by Gasteiger charge is 2.25. The van der Waals surface area contributed by atoms with Gasteiger partial charge in [-0.05, 0) is 31.2 Å². The number of halogens is 2. The standard InChI is InChI=1S/C19H12ClFN6S/c1-10-14(13-7-2-3-8-27(13)26-10)19-24-16(15-11(20)5-4-6-12(15)21)17(28-19)18-22-9-23-25-18/h2-9H,1H3,(H,22,23,25). The number of aromatic amines is 1. The van der Waals surface area contributed by atoms with Gasteiger partial charge in [0.05, 0.1) is 33.1 Å². The zero-order valence-electron chi connectivity index (χ0n) is 14.5. The minimum atomic E-state index is -0.447. The highest BCUT2D eigenvalue weighted by atomic mass is 35.5. The molecular formula is C19H12ClFN6S. The maximum Gasteiger partial charge on any atom is 0.193 e. The first kappa shape index (κ1) is 17.0. The van der Waals surface area contributed by atoms with Gasteiger partial charge in [0.15, 0.2) is 5.82 Å². The van der Waals surface area contributed by atoms with Crippen molar-refractivity contribution in [2.75, 3.05) is 0 Å². The molecule has 0 aliphatic rings. The predicted octanol–water partition coefficient (Wildman–Crippen LogP) is 5.01. The summed E-state index contributed by atoms with van der Waals surface area (Å²) in [5.74, 6) is -0.00933. The van der Waals surface area contributed by atoms with Crippen molar-refractivity contribution < 1.29 is 4.39 Å². The minimum absolute atomic E-state index is 0.237. The van der Waals surface area contributed by atoms with Gasteiger partial charge in [0.1, 0.15) is 22.0 Å². The highest BCUT2D eigenvalue weighted by Crippen LogP contribution is 2.43. The summed E-state index contributed by atoms with van der Waals surface area (Å²) in [6, 6.07) is 10.4. The van der Waals surface area contributed by atoms with E-state index in [2.05, 4.69) is 20.3 Å². The number of benzene rings is 1. The molecule has 4 aromatic heterocycles. The van der Waals surface area contributed by atoms with Gasteiger partial charge < -0.3 is 0 Å². The van der Waals surface area contributed by atoms with Gasteiger partial charge in [-0.15, -0.1) is 11.3 Å². The van der Waals surface area contributed by atoms with Crippen molar-refractivity contribution in [1.82, 2.24) is 29.8 Å². The van der Waals surface area contributed by atoms with Crippen molar-refractivity contribution in [1.29, 1.82) is 0 Å². The molecule has 0 amide bonds. The number of thiazole rings is 1. The van der Waals surface area contributed by atoms with Gasteiger partial charge in [-0.1, -0.05) is 23.7 Å². The lowest BCUT2D eigenvalue weighted by molar-refractivity contribution is 0.631. The number of nitrogens with one attached hydrogen (secondary N) is 1. The zero-order valence-corrected chi connectivity index (χ0v) is 16.1. The third-order valence-corrected chi connectivity index (χ3v) is 5.76. The largest absolute Gasteiger partial charge is 0.265 e. The summed E-state index contributed by atoms with van der Waals surface area (Å²) in [5.41, 5.74) is 3.29. The van der Waals surface area contributed by atoms with E-state index in [0.29, 0.717) is 21.4 Å². The molecule has 1 N–H and O–H groups in total. The van der Waals surface area contributed by atoms with Crippen molar-refractivity contribution in [3.8, 4) is 32.5 Å². The van der Waals surface area contributed by atoms with Crippen LogP contribution in [0.15, 0.2) is 48.9 Å². The van der Waals surface area contributed by atoms with Crippen LogP contribution in [-0.2, 0) is 0 Å². The molecule has 0 atom stereocenters. The number of aryl methyl sites for hydroxylation is 1. The number of H-pyrrole nitrogens is 1. The molecule has 0 saturated heterocycles. The van der Waals surface area contributed by atoms with Crippen LogP contribution in [0.4, 0.5) is 4.39 Å². The van der Waals surface area contributed by atoms with Crippen molar-refractivity contribution >= 4 is 28.5 Å². The molecule has 138 valence electrons. The summed E-state index contributed by atoms with van der Waals surface area (Å²) >= 11 is 7.70. The van der Waals surface area contributed by atoms with Crippen LogP contribution in [0.3, 0.4) is 0 Å². The third kappa shape index (κ3) is 2.61. The second-order valence-corrected chi connectivity index (χ2v) is 7.51. The predicted molar refractivity (Wildman–Crippen MR) is 107 cm³/mol. The number of nitrogens with zero attached hydrogens (tertiary/aromatic N) is 5. The van der Waals surface area contributed by atoms with E-state index in [1.54, 1.807) is 16.6 Å². The first-order valence-electron chi connectivity index (χ1n) is 8.39. The van der Waals surface area contributed by atoms with Crippen LogP contribution in [0.1, 0.15) is 5.69 Å². The Labute approximate surface area is 167 Å². The number of pyridine rings is 1. The van der Waals surface area contributed by atoms with Crippen LogP contribution in [-0.4, -0.2) is 29.8 Å². The van der Waals surface area contributed by atoms with E-state index in [1.165, 1.54) is 23.7 Å². The summed E-state index contributed by atoms with van der Waals surface area (Å²) < 4.78 is 16.5. The van der Waals surface area contributed by atoms with E-state index in [-0.39, 0.29) is 10.6 Å². The van der Waals surface area contributed by atoms with Gasteiger partial charge in [0.2, 0.25) is 0 Å². The molecular weight excluding hydrogens is 399 g/mol. The Morgan fingerprint density at radius 2 is 2.04 bits per heavy atom. The molecule has 0 unspecified atom stereocenters. The second kappa shape index (κ2) is 6.50. The molecule has 4 heterocycles. The monoisotopic (exact) mass is 410 g/mol. The Bertz CT molecular complexity index is 1290. The van der Waals surface area contributed by atoms with E-state index in [1.807, 2.05) is 31.3 Å². The fourth-order valence-corrected chi connectivity index (χ4v) is 4.54. The Hall–Kier alpha value is -3.10. The van der Waals surface area contributed by atoms with E-state index >= 15 is 0 Å². The first-order valence-corrected chi connectivity index (χ1v) is 9.58. The quantitative estimate of drug-likeness (QED) is 0.453. The fourth-order valence-electron chi connectivity index (χ4n) is 3.17. The van der Waals surface area contributed by atoms with Gasteiger partial charge in [-0.25, -0.2) is 18.9 Å². The van der Waals surface area contributed by atoms with Crippen molar-refractivity contribution in [2.24, 2.45) is 0 Å². The Balaban J connectivity index is 1.81. The lowest BCUT2D eigenvalue weighted by Gasteiger charge is -2.04. The molecule has 0 fully saturated rings. The van der Waals surface area contributed by atoms with Gasteiger partial charge in [0.25, 0.3) is 0 Å². The molecule has 0 aliphatic heterocycles. The number of fused-ring (bicyclic) bond motifs is 1. The Morgan fingerprint density at radius 1 is 1.14 bits per heavy atom. The molecule has 9 heteroatoms. The van der Waals surface area contributed by atoms with E-state index in [0.717, 1.165) is 16.8 Å². The van der Waals surface area contributed by atoms with Crippen LogP contribution < -0.4 is 0 Å². The number of rotatable bonds is 3. The molecule has 0 saturated carbocycles. The molecule has 0 bridgehead atoms. The molecule has 6 nitrogen and oxygen atoms in total. The smallest absolute Gasteiger partial charge is 0.193 e. The molecule has 5 aromatic rings. The summed E-state index contributed by atoms with van der Waals surface area (Å²) in [7, 11) is 0. The summed E-state index contributed by atoms with van der Waals surface area (Å²) in [6.07, 6.45) is 3.35. The lowest BCUT2D eigenvalue weighted by Crippen LogP contribution is -1.90. The van der Waals surface area contributed by atoms with Crippen molar-refractivity contribution in [3.05, 3.63) is 65.5 Å². The van der Waals surface area contributed by atoms with E-state index in [9.17, 15) is 4.39 Å². The third-order valence-electron chi connectivity index (χ3n) is 4.37. The minimum Gasteiger partial charge on any atom is -0.265 e. The molecule has 0 spiro atoms. The van der Waals surface area contributed by atoms with Crippen molar-refractivity contribution in [3.63, 3.8) is 0 Å². The molecule has 28 heavy (non-hydrogen) atoms. The normalized spacial score (nSPS) is 11.4. The Morgan fingerprint density at radius 3 is 2.82 bits per heavy atom. The van der Waals surface area contributed by atoms with Crippen LogP contribution in [0.2, 0.25) is 5.02 Å². The summed E-state index contributed by atoms with van der Waals surface area (Å²) in [4.78, 5) is 9.62. The van der Waals surface area contributed by atoms with Crippen LogP contribution in [0.5, 0.6) is 0 Å². The van der Waals surface area contributed by atoms with Crippen LogP contribution >= 0.6 is 22.9 Å². The summed E-state index contributed by atoms with van der Waals surface area (Å²) in [6.45, 7) is 1.92. The molecule has 1 aromatic carbocycles. The summed E-state index contributed by atoms with van der Waals surface area (Å²) in [5, 5.41) is 12.4. The molecule has 0 aliphatic carbocycles. The number of hydrogen-bond donors (Lipinski definition) is 1. The van der Waals surface area contributed by atoms with Crippen molar-refractivity contribution in [2.45, 2.75) is 6.92 Å². The fraction of sp³-hybridized carbons (Fsp3) is 0.0526. The lowest BCUT2D eigenvalue weighted by atomic mass is 10.1.